The first-order valence-corrected chi connectivity index (χ1v) is 5.40. The van der Waals surface area contributed by atoms with Gasteiger partial charge in [-0.3, -0.25) is 0 Å². The molecule has 0 spiro atoms. The third-order valence-electron chi connectivity index (χ3n) is 2.02. The molecule has 0 aromatic carbocycles. The average Bonchev–Trinajstić information content (AvgIpc) is 2.45. The highest BCUT2D eigenvalue weighted by Crippen LogP contribution is 2.34. The zero-order valence-electron chi connectivity index (χ0n) is 7.24. The van der Waals surface area contributed by atoms with Gasteiger partial charge in [0.15, 0.2) is 4.90 Å². The Morgan fingerprint density at radius 1 is 1.46 bits per heavy atom. The van der Waals surface area contributed by atoms with E-state index in [0.717, 1.165) is 21.6 Å². The molecule has 0 saturated heterocycles. The average molecular weight is 193 g/mol. The number of rotatable bonds is 1. The van der Waals surface area contributed by atoms with Crippen LogP contribution in [-0.2, 0) is 11.2 Å². The summed E-state index contributed by atoms with van der Waals surface area (Å²) in [5.74, 6) is 0. The minimum absolute atomic E-state index is 0.796. The summed E-state index contributed by atoms with van der Waals surface area (Å²) in [6.07, 6.45) is 4.86. The Morgan fingerprint density at radius 2 is 2.23 bits per heavy atom. The van der Waals surface area contributed by atoms with E-state index >= 15 is 0 Å². The molecule has 0 N–H and O–H groups in total. The van der Waals surface area contributed by atoms with Gasteiger partial charge in [-0.1, -0.05) is 0 Å². The molecule has 2 aliphatic rings. The monoisotopic (exact) mass is 193 g/mol. The van der Waals surface area contributed by atoms with Crippen LogP contribution in [0.25, 0.3) is 11.1 Å². The normalized spacial score (nSPS) is 13.5. The van der Waals surface area contributed by atoms with E-state index in [1.807, 2.05) is 12.1 Å². The zero-order valence-corrected chi connectivity index (χ0v) is 8.06. The third kappa shape index (κ3) is 1.34. The molecule has 0 aromatic heterocycles. The van der Waals surface area contributed by atoms with Gasteiger partial charge in [-0.05, 0) is 41.4 Å². The Balaban J connectivity index is 2.67. The first-order chi connectivity index (χ1) is 6.20. The highest BCUT2D eigenvalue weighted by molar-refractivity contribution is 7.90. The lowest BCUT2D eigenvalue weighted by atomic mass is 10.1. The van der Waals surface area contributed by atoms with Crippen molar-refractivity contribution in [2.45, 2.75) is 4.90 Å². The van der Waals surface area contributed by atoms with Crippen LogP contribution in [0.4, 0.5) is 0 Å². The molecule has 2 rings (SSSR count). The molecule has 1 unspecified atom stereocenters. The maximum atomic E-state index is 11.3. The maximum absolute atomic E-state index is 11.3. The summed E-state index contributed by atoms with van der Waals surface area (Å²) in [6.45, 7) is 3.88. The van der Waals surface area contributed by atoms with E-state index in [1.165, 1.54) is 0 Å². The molecular weight excluding hydrogens is 184 g/mol. The molecule has 3 heteroatoms. The molecule has 13 heavy (non-hydrogen) atoms. The molecule has 1 radical (unpaired) electrons. The lowest BCUT2D eigenvalue weighted by Crippen LogP contribution is -1.96. The van der Waals surface area contributed by atoms with Gasteiger partial charge in [0.2, 0.25) is 0 Å². The van der Waals surface area contributed by atoms with Gasteiger partial charge in [0.25, 0.3) is 0 Å². The topological polar surface area (TPSA) is 36.2 Å². The van der Waals surface area contributed by atoms with Gasteiger partial charge < -0.3 is 8.97 Å². The van der Waals surface area contributed by atoms with E-state index in [-0.39, 0.29) is 0 Å². The van der Waals surface area contributed by atoms with Crippen molar-refractivity contribution >= 4 is 11.2 Å². The fourth-order valence-electron chi connectivity index (χ4n) is 1.39. The van der Waals surface area contributed by atoms with Gasteiger partial charge in [-0.2, -0.15) is 0 Å². The molecule has 1 heterocycles. The van der Waals surface area contributed by atoms with Crippen molar-refractivity contribution in [3.8, 4) is 11.1 Å². The fourth-order valence-corrected chi connectivity index (χ4v) is 2.17. The van der Waals surface area contributed by atoms with E-state index in [2.05, 4.69) is 6.92 Å². The first-order valence-electron chi connectivity index (χ1n) is 3.84. The Morgan fingerprint density at radius 3 is 2.92 bits per heavy atom. The summed E-state index contributed by atoms with van der Waals surface area (Å²) in [5, 5.41) is 0. The lowest BCUT2D eigenvalue weighted by molar-refractivity contribution is 0.550. The maximum Gasteiger partial charge on any atom is 0.163 e. The Labute approximate surface area is 80.1 Å². The Kier molecular flexibility index (Phi) is 2.06. The summed E-state index contributed by atoms with van der Waals surface area (Å²) in [4.78, 5) is 0.796. The van der Waals surface area contributed by atoms with Gasteiger partial charge in [0.05, 0.1) is 11.8 Å². The van der Waals surface area contributed by atoms with Gasteiger partial charge in [0, 0.05) is 0 Å². The largest absolute Gasteiger partial charge is 0.612 e. The van der Waals surface area contributed by atoms with Crippen molar-refractivity contribution in [2.24, 2.45) is 0 Å². The van der Waals surface area contributed by atoms with Gasteiger partial charge in [0.1, 0.15) is 12.5 Å². The van der Waals surface area contributed by atoms with E-state index < -0.39 is 11.2 Å². The van der Waals surface area contributed by atoms with Crippen molar-refractivity contribution in [3.05, 3.63) is 37.1 Å². The van der Waals surface area contributed by atoms with Crippen LogP contribution in [-0.4, -0.2) is 10.8 Å². The van der Waals surface area contributed by atoms with E-state index in [4.69, 9.17) is 4.42 Å². The summed E-state index contributed by atoms with van der Waals surface area (Å²) < 4.78 is 16.3. The number of fused-ring (bicyclic) bond motifs is 1. The molecule has 0 saturated carbocycles. The minimum atomic E-state index is -0.983. The van der Waals surface area contributed by atoms with Crippen LogP contribution in [0.3, 0.4) is 0 Å². The van der Waals surface area contributed by atoms with Crippen LogP contribution in [0.1, 0.15) is 5.56 Å². The van der Waals surface area contributed by atoms with E-state index in [9.17, 15) is 4.55 Å². The second-order valence-corrected chi connectivity index (χ2v) is 4.22. The second-order valence-electron chi connectivity index (χ2n) is 2.87. The van der Waals surface area contributed by atoms with Crippen LogP contribution in [0.15, 0.2) is 34.0 Å². The summed E-state index contributed by atoms with van der Waals surface area (Å²) in [7, 11) is 0. The molecule has 1 atom stereocenters. The van der Waals surface area contributed by atoms with Crippen LogP contribution in [0.5, 0.6) is 0 Å². The summed E-state index contributed by atoms with van der Waals surface area (Å²) >= 11 is -0.983. The molecule has 0 bridgehead atoms. The van der Waals surface area contributed by atoms with Crippen molar-refractivity contribution in [1.82, 2.24) is 0 Å². The van der Waals surface area contributed by atoms with Gasteiger partial charge in [-0.25, -0.2) is 0 Å². The molecule has 0 amide bonds. The van der Waals surface area contributed by atoms with Crippen molar-refractivity contribution in [2.75, 3.05) is 6.26 Å². The summed E-state index contributed by atoms with van der Waals surface area (Å²) in [6, 6.07) is 3.68. The number of hydrogen-bond acceptors (Lipinski definition) is 2. The molecular formula is C10H9O2S. The smallest absolute Gasteiger partial charge is 0.163 e. The second kappa shape index (κ2) is 3.09. The fraction of sp³-hybridized carbons (Fsp3) is 0.100. The third-order valence-corrected chi connectivity index (χ3v) is 2.97. The lowest BCUT2D eigenvalue weighted by Gasteiger charge is -2.03. The van der Waals surface area contributed by atoms with Crippen molar-refractivity contribution < 1.29 is 8.97 Å². The standard InChI is InChI=1S/C10H9O2S/c1-7-5-10(13(2)11)9-6-12-4-3-8(7)9/h3-6H,1H2,2H3. The molecule has 0 fully saturated rings. The predicted octanol–water partition coefficient (Wildman–Crippen LogP) is 2.30. The van der Waals surface area contributed by atoms with Crippen LogP contribution in [0.2, 0.25) is 0 Å². The molecule has 1 aliphatic carbocycles. The Hall–Kier alpha value is -0.930. The quantitative estimate of drug-likeness (QED) is 0.651. The first kappa shape index (κ1) is 8.66. The zero-order chi connectivity index (χ0) is 9.42. The number of hydrogen-bond donors (Lipinski definition) is 0. The van der Waals surface area contributed by atoms with E-state index in [0.29, 0.717) is 0 Å². The van der Waals surface area contributed by atoms with Crippen LogP contribution < -0.4 is 0 Å². The minimum Gasteiger partial charge on any atom is -0.612 e. The highest BCUT2D eigenvalue weighted by atomic mass is 32.2. The van der Waals surface area contributed by atoms with Crippen LogP contribution >= 0.6 is 0 Å². The van der Waals surface area contributed by atoms with Crippen molar-refractivity contribution in [1.29, 1.82) is 0 Å². The highest BCUT2D eigenvalue weighted by Gasteiger charge is 2.19. The van der Waals surface area contributed by atoms with Gasteiger partial charge >= 0.3 is 0 Å². The SMILES string of the molecule is [CH2]c1cc([S+](C)[O-])c2coccc1-2. The predicted molar refractivity (Wildman–Crippen MR) is 52.1 cm³/mol. The molecule has 2 nitrogen and oxygen atoms in total. The molecule has 67 valence electrons. The molecule has 0 aromatic rings. The van der Waals surface area contributed by atoms with E-state index in [1.54, 1.807) is 18.8 Å². The van der Waals surface area contributed by atoms with Crippen molar-refractivity contribution in [3.63, 3.8) is 0 Å². The summed E-state index contributed by atoms with van der Waals surface area (Å²) in [5.41, 5.74) is 2.81. The van der Waals surface area contributed by atoms with Crippen LogP contribution in [0, 0.1) is 6.92 Å². The Bertz CT molecular complexity index is 392. The molecule has 1 aliphatic heterocycles. The van der Waals surface area contributed by atoms with Gasteiger partial charge in [-0.15, -0.1) is 0 Å².